The second kappa shape index (κ2) is 8.39. The van der Waals surface area contributed by atoms with Crippen LogP contribution in [-0.4, -0.2) is 66.3 Å². The van der Waals surface area contributed by atoms with E-state index in [1.807, 2.05) is 6.07 Å². The summed E-state index contributed by atoms with van der Waals surface area (Å²) in [6, 6.07) is 5.36. The van der Waals surface area contributed by atoms with Gasteiger partial charge in [-0.2, -0.15) is 0 Å². The molecule has 1 aromatic carbocycles. The number of halogens is 2. The predicted molar refractivity (Wildman–Crippen MR) is 107 cm³/mol. The maximum absolute atomic E-state index is 10.3. The lowest BCUT2D eigenvalue weighted by atomic mass is 10.1. The molecule has 4 N–H and O–H groups in total. The first-order valence-electron chi connectivity index (χ1n) is 8.97. The van der Waals surface area contributed by atoms with Crippen LogP contribution in [-0.2, 0) is 11.2 Å². The van der Waals surface area contributed by atoms with Crippen LogP contribution < -0.4 is 5.32 Å². The van der Waals surface area contributed by atoms with E-state index < -0.39 is 31.1 Å². The van der Waals surface area contributed by atoms with Gasteiger partial charge in [-0.15, -0.1) is 0 Å². The minimum absolute atomic E-state index is 0.406. The topological polar surface area (TPSA) is 126 Å². The van der Waals surface area contributed by atoms with Crippen LogP contribution >= 0.6 is 23.2 Å². The van der Waals surface area contributed by atoms with Gasteiger partial charge in [-0.1, -0.05) is 29.3 Å². The maximum Gasteiger partial charge on any atom is 0.167 e. The van der Waals surface area contributed by atoms with Gasteiger partial charge in [0.1, 0.15) is 24.6 Å². The lowest BCUT2D eigenvalue weighted by Gasteiger charge is -2.16. The number of imidazole rings is 1. The zero-order chi connectivity index (χ0) is 20.5. The summed E-state index contributed by atoms with van der Waals surface area (Å²) in [6.07, 6.45) is -0.732. The number of nitrogens with zero attached hydrogens (tertiary/aromatic N) is 4. The van der Waals surface area contributed by atoms with Crippen molar-refractivity contribution in [2.24, 2.45) is 0 Å². The quantitative estimate of drug-likeness (QED) is 0.453. The van der Waals surface area contributed by atoms with E-state index in [2.05, 4.69) is 20.3 Å². The molecule has 9 nitrogen and oxygen atoms in total. The van der Waals surface area contributed by atoms with Gasteiger partial charge in [0.2, 0.25) is 0 Å². The zero-order valence-electron chi connectivity index (χ0n) is 15.1. The molecule has 0 spiro atoms. The molecule has 2 aromatic heterocycles. The summed E-state index contributed by atoms with van der Waals surface area (Å²) in [5.41, 5.74) is 1.88. The molecule has 1 unspecified atom stereocenters. The number of ether oxygens (including phenoxy) is 1. The Bertz CT molecular complexity index is 1020. The van der Waals surface area contributed by atoms with Crippen molar-refractivity contribution in [2.45, 2.75) is 31.0 Å². The molecule has 3 aromatic rings. The van der Waals surface area contributed by atoms with E-state index >= 15 is 0 Å². The van der Waals surface area contributed by atoms with Crippen molar-refractivity contribution >= 4 is 40.2 Å². The first-order valence-corrected chi connectivity index (χ1v) is 9.73. The normalized spacial score (nSPS) is 24.3. The van der Waals surface area contributed by atoms with E-state index in [1.165, 1.54) is 17.2 Å². The van der Waals surface area contributed by atoms with Gasteiger partial charge < -0.3 is 25.4 Å². The third kappa shape index (κ3) is 3.89. The summed E-state index contributed by atoms with van der Waals surface area (Å²) in [7, 11) is 0. The standard InChI is InChI=1S/C18H19Cl2N5O4/c19-10-2-1-9(11(20)5-10)3-4-21-16-13-17(23-7-22-16)25(8-24-13)18-15(28)14(27)12(6-26)29-18/h1-2,5,7-8,12,14-15,18,26-28H,3-4,6H2,(H,21,22,23)/t12-,14-,15-,18?/m1/s1. The summed E-state index contributed by atoms with van der Waals surface area (Å²) < 4.78 is 7.07. The SMILES string of the molecule is OC[C@H]1OC(n2cnc3c(NCCc4ccc(Cl)cc4Cl)ncnc32)[C@H](O)[C@@H]1O. The Morgan fingerprint density at radius 3 is 2.69 bits per heavy atom. The Morgan fingerprint density at radius 2 is 1.97 bits per heavy atom. The number of aliphatic hydroxyl groups is 3. The van der Waals surface area contributed by atoms with Crippen molar-refractivity contribution in [3.05, 3.63) is 46.5 Å². The second-order valence-electron chi connectivity index (χ2n) is 6.69. The van der Waals surface area contributed by atoms with Crippen LogP contribution in [0.25, 0.3) is 11.2 Å². The van der Waals surface area contributed by atoms with Crippen LogP contribution in [0, 0.1) is 0 Å². The Hall–Kier alpha value is -2.01. The average Bonchev–Trinajstić information content (AvgIpc) is 3.25. The number of hydrogen-bond donors (Lipinski definition) is 4. The molecule has 0 saturated carbocycles. The van der Waals surface area contributed by atoms with E-state index in [4.69, 9.17) is 27.9 Å². The van der Waals surface area contributed by atoms with Crippen LogP contribution in [0.4, 0.5) is 5.82 Å². The molecule has 4 rings (SSSR count). The Balaban J connectivity index is 1.52. The van der Waals surface area contributed by atoms with Crippen molar-refractivity contribution in [3.63, 3.8) is 0 Å². The lowest BCUT2D eigenvalue weighted by Crippen LogP contribution is -2.33. The molecule has 1 fully saturated rings. The van der Waals surface area contributed by atoms with Gasteiger partial charge in [0.15, 0.2) is 23.2 Å². The summed E-state index contributed by atoms with van der Waals surface area (Å²) in [6.45, 7) is 0.143. The van der Waals surface area contributed by atoms with Gasteiger partial charge in [-0.25, -0.2) is 15.0 Å². The fourth-order valence-electron chi connectivity index (χ4n) is 3.32. The molecule has 0 amide bonds. The van der Waals surface area contributed by atoms with Crippen LogP contribution in [0.2, 0.25) is 10.0 Å². The fraction of sp³-hybridized carbons (Fsp3) is 0.389. The van der Waals surface area contributed by atoms with Crippen LogP contribution in [0.3, 0.4) is 0 Å². The molecule has 0 radical (unpaired) electrons. The Morgan fingerprint density at radius 1 is 1.14 bits per heavy atom. The van der Waals surface area contributed by atoms with Crippen LogP contribution in [0.1, 0.15) is 11.8 Å². The van der Waals surface area contributed by atoms with Gasteiger partial charge in [0.25, 0.3) is 0 Å². The fourth-order valence-corrected chi connectivity index (χ4v) is 3.82. The number of aliphatic hydroxyl groups excluding tert-OH is 3. The largest absolute Gasteiger partial charge is 0.394 e. The van der Waals surface area contributed by atoms with Crippen LogP contribution in [0.15, 0.2) is 30.9 Å². The number of benzene rings is 1. The first kappa shape index (κ1) is 20.3. The van der Waals surface area contributed by atoms with Gasteiger partial charge in [-0.05, 0) is 24.1 Å². The summed E-state index contributed by atoms with van der Waals surface area (Å²) in [4.78, 5) is 12.8. The summed E-state index contributed by atoms with van der Waals surface area (Å²) in [5, 5.41) is 33.9. The minimum atomic E-state index is -1.22. The molecule has 1 aliphatic rings. The van der Waals surface area contributed by atoms with Crippen molar-refractivity contribution in [1.29, 1.82) is 0 Å². The minimum Gasteiger partial charge on any atom is -0.394 e. The van der Waals surface area contributed by atoms with Gasteiger partial charge in [-0.3, -0.25) is 4.57 Å². The summed E-state index contributed by atoms with van der Waals surface area (Å²) in [5.74, 6) is 0.519. The van der Waals surface area contributed by atoms with E-state index in [-0.39, 0.29) is 0 Å². The molecule has 154 valence electrons. The highest BCUT2D eigenvalue weighted by atomic mass is 35.5. The number of nitrogens with one attached hydrogen (secondary N) is 1. The van der Waals surface area contributed by atoms with E-state index in [1.54, 1.807) is 12.1 Å². The van der Waals surface area contributed by atoms with Crippen LogP contribution in [0.5, 0.6) is 0 Å². The molecule has 4 atom stereocenters. The third-order valence-electron chi connectivity index (χ3n) is 4.85. The number of anilines is 1. The molecule has 1 aliphatic heterocycles. The number of rotatable bonds is 6. The summed E-state index contributed by atoms with van der Waals surface area (Å²) >= 11 is 12.1. The molecule has 3 heterocycles. The van der Waals surface area contributed by atoms with Crippen molar-refractivity contribution in [3.8, 4) is 0 Å². The molecular weight excluding hydrogens is 421 g/mol. The highest BCUT2D eigenvalue weighted by Crippen LogP contribution is 2.32. The smallest absolute Gasteiger partial charge is 0.167 e. The maximum atomic E-state index is 10.3. The zero-order valence-corrected chi connectivity index (χ0v) is 16.6. The molecule has 1 saturated heterocycles. The highest BCUT2D eigenvalue weighted by molar-refractivity contribution is 6.35. The monoisotopic (exact) mass is 439 g/mol. The Labute approximate surface area is 175 Å². The van der Waals surface area contributed by atoms with E-state index in [0.29, 0.717) is 40.0 Å². The van der Waals surface area contributed by atoms with E-state index in [0.717, 1.165) is 5.56 Å². The molecular formula is C18H19Cl2N5O4. The second-order valence-corrected chi connectivity index (χ2v) is 7.53. The number of fused-ring (bicyclic) bond motifs is 1. The van der Waals surface area contributed by atoms with Gasteiger partial charge >= 0.3 is 0 Å². The first-order chi connectivity index (χ1) is 14.0. The van der Waals surface area contributed by atoms with Crippen molar-refractivity contribution in [2.75, 3.05) is 18.5 Å². The predicted octanol–water partition coefficient (Wildman–Crippen LogP) is 1.40. The van der Waals surface area contributed by atoms with Gasteiger partial charge in [0.05, 0.1) is 12.9 Å². The van der Waals surface area contributed by atoms with Crippen molar-refractivity contribution < 1.29 is 20.1 Å². The molecule has 11 heteroatoms. The Kier molecular flexibility index (Phi) is 5.86. The molecule has 0 bridgehead atoms. The van der Waals surface area contributed by atoms with Gasteiger partial charge in [0, 0.05) is 16.6 Å². The number of hydrogen-bond acceptors (Lipinski definition) is 8. The highest BCUT2D eigenvalue weighted by Gasteiger charge is 2.44. The third-order valence-corrected chi connectivity index (χ3v) is 5.44. The number of aromatic nitrogens is 4. The van der Waals surface area contributed by atoms with E-state index in [9.17, 15) is 15.3 Å². The lowest BCUT2D eigenvalue weighted by molar-refractivity contribution is -0.0511. The molecule has 0 aliphatic carbocycles. The average molecular weight is 440 g/mol. The molecule has 29 heavy (non-hydrogen) atoms. The van der Waals surface area contributed by atoms with Crippen molar-refractivity contribution in [1.82, 2.24) is 19.5 Å².